The second kappa shape index (κ2) is 1.69. The zero-order valence-electron chi connectivity index (χ0n) is 8.26. The minimum atomic E-state index is -0.426. The van der Waals surface area contributed by atoms with Crippen LogP contribution in [0.25, 0.3) is 0 Å². The second-order valence-electron chi connectivity index (χ2n) is 6.53. The summed E-state index contributed by atoms with van der Waals surface area (Å²) in [5.74, 6) is 6.82. The minimum Gasteiger partial charge on any atom is -0.388 e. The van der Waals surface area contributed by atoms with Crippen LogP contribution in [0.2, 0.25) is 0 Å². The smallest absolute Gasteiger partial charge is 0.0836 e. The van der Waals surface area contributed by atoms with Crippen LogP contribution < -0.4 is 5.73 Å². The highest BCUT2D eigenvalue weighted by atomic mass is 16.3. The van der Waals surface area contributed by atoms with Gasteiger partial charge in [0.2, 0.25) is 0 Å². The molecule has 0 aromatic carbocycles. The van der Waals surface area contributed by atoms with E-state index in [1.165, 1.54) is 12.8 Å². The number of rotatable bonds is 1. The number of hydrogen-bond acceptors (Lipinski definition) is 2. The quantitative estimate of drug-likeness (QED) is 0.632. The Hall–Kier alpha value is -0.0800. The van der Waals surface area contributed by atoms with Crippen LogP contribution in [-0.4, -0.2) is 17.3 Å². The van der Waals surface area contributed by atoms with Crippen molar-refractivity contribution < 1.29 is 5.11 Å². The van der Waals surface area contributed by atoms with Gasteiger partial charge in [-0.25, -0.2) is 0 Å². The fourth-order valence-corrected chi connectivity index (χ4v) is 7.00. The van der Waals surface area contributed by atoms with Gasteiger partial charge < -0.3 is 10.8 Å². The normalized spacial score (nSPS) is 80.1. The molecule has 2 nitrogen and oxygen atoms in total. The maximum absolute atomic E-state index is 10.7. The molecule has 0 heterocycles. The van der Waals surface area contributed by atoms with Gasteiger partial charge in [0.05, 0.1) is 5.60 Å². The Morgan fingerprint density at radius 3 is 2.50 bits per heavy atom. The molecule has 5 fully saturated rings. The van der Waals surface area contributed by atoms with Gasteiger partial charge in [0.15, 0.2) is 0 Å². The van der Waals surface area contributed by atoms with E-state index >= 15 is 0 Å². The van der Waals surface area contributed by atoms with Crippen LogP contribution in [0.1, 0.15) is 12.8 Å². The highest BCUT2D eigenvalue weighted by molar-refractivity contribution is 5.32. The summed E-state index contributed by atoms with van der Waals surface area (Å²) in [6, 6.07) is 0. The van der Waals surface area contributed by atoms with Gasteiger partial charge in [-0.05, 0) is 60.2 Å². The van der Waals surface area contributed by atoms with E-state index < -0.39 is 5.60 Å². The number of nitrogens with two attached hydrogens (primary N) is 1. The molecule has 2 bridgehead atoms. The zero-order valence-corrected chi connectivity index (χ0v) is 8.26. The molecule has 0 radical (unpaired) electrons. The molecule has 9 atom stereocenters. The first kappa shape index (κ1) is 7.24. The Balaban J connectivity index is 1.79. The molecule has 14 heavy (non-hydrogen) atoms. The average Bonchev–Trinajstić information content (AvgIpc) is 2.63. The molecule has 0 aromatic heterocycles. The summed E-state index contributed by atoms with van der Waals surface area (Å²) in [6.45, 7) is 0.530. The van der Waals surface area contributed by atoms with Gasteiger partial charge in [-0.1, -0.05) is 0 Å². The van der Waals surface area contributed by atoms with Crippen LogP contribution in [0.5, 0.6) is 0 Å². The Kier molecular flexibility index (Phi) is 0.875. The molecule has 5 rings (SSSR count). The molecule has 0 unspecified atom stereocenters. The van der Waals surface area contributed by atoms with Crippen LogP contribution in [0.3, 0.4) is 0 Å². The zero-order chi connectivity index (χ0) is 9.24. The lowest BCUT2D eigenvalue weighted by atomic mass is 9.56. The summed E-state index contributed by atoms with van der Waals surface area (Å²) in [6.07, 6.45) is 2.89. The summed E-state index contributed by atoms with van der Waals surface area (Å²) in [5.41, 5.74) is 5.43. The molecule has 0 spiro atoms. The molecule has 3 N–H and O–H groups in total. The van der Waals surface area contributed by atoms with Gasteiger partial charge in [-0.2, -0.15) is 0 Å². The summed E-state index contributed by atoms with van der Waals surface area (Å²) >= 11 is 0. The lowest BCUT2D eigenvalue weighted by Crippen LogP contribution is -2.57. The van der Waals surface area contributed by atoms with Gasteiger partial charge in [-0.3, -0.25) is 0 Å². The van der Waals surface area contributed by atoms with Gasteiger partial charge in [0, 0.05) is 6.54 Å². The predicted molar refractivity (Wildman–Crippen MR) is 51.2 cm³/mol. The van der Waals surface area contributed by atoms with Gasteiger partial charge in [0.1, 0.15) is 0 Å². The molecule has 2 heteroatoms. The fourth-order valence-electron chi connectivity index (χ4n) is 7.00. The number of hydrogen-bond donors (Lipinski definition) is 2. The maximum atomic E-state index is 10.7. The Morgan fingerprint density at radius 2 is 1.71 bits per heavy atom. The van der Waals surface area contributed by atoms with Crippen molar-refractivity contribution in [2.75, 3.05) is 6.54 Å². The van der Waals surface area contributed by atoms with Gasteiger partial charge >= 0.3 is 0 Å². The first-order valence-electron chi connectivity index (χ1n) is 6.20. The van der Waals surface area contributed by atoms with E-state index in [1.807, 2.05) is 0 Å². The molecule has 5 aliphatic carbocycles. The first-order chi connectivity index (χ1) is 6.77. The third-order valence-corrected chi connectivity index (χ3v) is 6.85. The third kappa shape index (κ3) is 0.409. The Labute approximate surface area is 83.9 Å². The minimum absolute atomic E-state index is 0.426. The predicted octanol–water partition coefficient (Wildman–Crippen LogP) is 0.454. The summed E-state index contributed by atoms with van der Waals surface area (Å²) in [5, 5.41) is 10.7. The molecule has 0 aromatic rings. The largest absolute Gasteiger partial charge is 0.388 e. The van der Waals surface area contributed by atoms with Crippen LogP contribution >= 0.6 is 0 Å². The first-order valence-corrected chi connectivity index (χ1v) is 6.20. The van der Waals surface area contributed by atoms with E-state index in [9.17, 15) is 5.11 Å². The lowest BCUT2D eigenvalue weighted by molar-refractivity contribution is -0.123. The topological polar surface area (TPSA) is 46.2 Å². The van der Waals surface area contributed by atoms with Crippen molar-refractivity contribution in [1.82, 2.24) is 0 Å². The maximum Gasteiger partial charge on any atom is 0.0836 e. The SMILES string of the molecule is NC[C@]1(O)[C@H]2[C@@H]3C[C@@H]4[C@H]5[C@H]3C[C@H]2[C@H]5[C@H]41. The van der Waals surface area contributed by atoms with E-state index in [2.05, 4.69) is 0 Å². The van der Waals surface area contributed by atoms with Crippen LogP contribution in [-0.2, 0) is 0 Å². The van der Waals surface area contributed by atoms with Crippen LogP contribution in [0.15, 0.2) is 0 Å². The molecule has 76 valence electrons. The fraction of sp³-hybridized carbons (Fsp3) is 1.00. The molecule has 0 amide bonds. The molecule has 5 aliphatic rings. The third-order valence-electron chi connectivity index (χ3n) is 6.85. The summed E-state index contributed by atoms with van der Waals surface area (Å²) in [7, 11) is 0. The summed E-state index contributed by atoms with van der Waals surface area (Å²) < 4.78 is 0. The van der Waals surface area contributed by atoms with E-state index in [4.69, 9.17) is 5.73 Å². The molecular weight excluding hydrogens is 174 g/mol. The molecule has 5 saturated carbocycles. The standard InChI is InChI=1S/C12H17NO/c13-3-12(14)10-5-2-6-8-4(5)1-7(10)9(8)11(6)12/h4-11,14H,1-3,13H2/t4-,5+,6+,7-,8+,9+,10-,11-,12-/m0/s1. The van der Waals surface area contributed by atoms with E-state index in [0.29, 0.717) is 18.4 Å². The van der Waals surface area contributed by atoms with Crippen molar-refractivity contribution in [2.45, 2.75) is 18.4 Å². The van der Waals surface area contributed by atoms with Crippen molar-refractivity contribution >= 4 is 0 Å². The van der Waals surface area contributed by atoms with Crippen molar-refractivity contribution in [2.24, 2.45) is 53.1 Å². The van der Waals surface area contributed by atoms with E-state index in [0.717, 1.165) is 35.5 Å². The highest BCUT2D eigenvalue weighted by Gasteiger charge is 2.84. The highest BCUT2D eigenvalue weighted by Crippen LogP contribution is 2.85. The van der Waals surface area contributed by atoms with Crippen molar-refractivity contribution in [3.05, 3.63) is 0 Å². The lowest BCUT2D eigenvalue weighted by Gasteiger charge is -2.51. The Morgan fingerprint density at radius 1 is 1.00 bits per heavy atom. The van der Waals surface area contributed by atoms with Gasteiger partial charge in [-0.15, -0.1) is 0 Å². The van der Waals surface area contributed by atoms with E-state index in [1.54, 1.807) is 0 Å². The average molecular weight is 191 g/mol. The summed E-state index contributed by atoms with van der Waals surface area (Å²) in [4.78, 5) is 0. The van der Waals surface area contributed by atoms with Crippen molar-refractivity contribution in [3.63, 3.8) is 0 Å². The molecule has 0 saturated heterocycles. The monoisotopic (exact) mass is 191 g/mol. The van der Waals surface area contributed by atoms with E-state index in [-0.39, 0.29) is 0 Å². The Bertz CT molecular complexity index is 337. The number of fused-ring (bicyclic) bond motifs is 2. The van der Waals surface area contributed by atoms with Crippen LogP contribution in [0, 0.1) is 47.3 Å². The van der Waals surface area contributed by atoms with Crippen molar-refractivity contribution in [3.8, 4) is 0 Å². The van der Waals surface area contributed by atoms with Crippen molar-refractivity contribution in [1.29, 1.82) is 0 Å². The van der Waals surface area contributed by atoms with Crippen LogP contribution in [0.4, 0.5) is 0 Å². The number of aliphatic hydroxyl groups is 1. The molecular formula is C12H17NO. The van der Waals surface area contributed by atoms with Gasteiger partial charge in [0.25, 0.3) is 0 Å². The molecule has 0 aliphatic heterocycles. The second-order valence-corrected chi connectivity index (χ2v) is 6.53.